The van der Waals surface area contributed by atoms with E-state index in [9.17, 15) is 9.59 Å². The summed E-state index contributed by atoms with van der Waals surface area (Å²) in [6.07, 6.45) is 1.03. The fourth-order valence-electron chi connectivity index (χ4n) is 2.32. The highest BCUT2D eigenvalue weighted by molar-refractivity contribution is 5.80. The first-order valence-corrected chi connectivity index (χ1v) is 6.66. The maximum Gasteiger partial charge on any atom is 0.252 e. The number of Topliss-reactive ketones (excluding diaryl/α,β-unsaturated/α-hetero) is 1. The Kier molecular flexibility index (Phi) is 3.33. The molecule has 0 atom stereocenters. The Hall–Kier alpha value is -2.43. The maximum atomic E-state index is 11.8. The lowest BCUT2D eigenvalue weighted by atomic mass is 10.1. The van der Waals surface area contributed by atoms with Gasteiger partial charge in [0.1, 0.15) is 5.78 Å². The van der Waals surface area contributed by atoms with Crippen LogP contribution in [0.25, 0.3) is 11.3 Å². The molecule has 1 aromatic carbocycles. The van der Waals surface area contributed by atoms with Crippen LogP contribution in [0.3, 0.4) is 0 Å². The van der Waals surface area contributed by atoms with Crippen molar-refractivity contribution in [3.05, 3.63) is 46.8 Å². The molecule has 0 amide bonds. The number of rotatable bonds is 2. The summed E-state index contributed by atoms with van der Waals surface area (Å²) >= 11 is 0. The van der Waals surface area contributed by atoms with Crippen LogP contribution in [-0.2, 0) is 4.79 Å². The van der Waals surface area contributed by atoms with Crippen LogP contribution < -0.4 is 10.5 Å². The van der Waals surface area contributed by atoms with Crippen molar-refractivity contribution in [2.24, 2.45) is 0 Å². The van der Waals surface area contributed by atoms with Crippen LogP contribution in [0.4, 0.5) is 5.95 Å². The molecule has 1 fully saturated rings. The van der Waals surface area contributed by atoms with Crippen molar-refractivity contribution in [3.8, 4) is 11.3 Å². The van der Waals surface area contributed by atoms with E-state index in [4.69, 9.17) is 0 Å². The fraction of sp³-hybridized carbons (Fsp3) is 0.267. The summed E-state index contributed by atoms with van der Waals surface area (Å²) < 4.78 is 0. The first kappa shape index (κ1) is 12.6. The molecule has 1 aliphatic heterocycles. The van der Waals surface area contributed by atoms with Crippen LogP contribution in [0, 0.1) is 0 Å². The molecule has 0 aliphatic carbocycles. The van der Waals surface area contributed by atoms with E-state index >= 15 is 0 Å². The van der Waals surface area contributed by atoms with Gasteiger partial charge >= 0.3 is 0 Å². The minimum Gasteiger partial charge on any atom is -0.341 e. The van der Waals surface area contributed by atoms with Gasteiger partial charge in [0.15, 0.2) is 0 Å². The molecular weight excluding hydrogens is 254 g/mol. The van der Waals surface area contributed by atoms with Crippen molar-refractivity contribution in [2.75, 3.05) is 18.0 Å². The third-order valence-electron chi connectivity index (χ3n) is 3.42. The molecule has 1 saturated heterocycles. The third-order valence-corrected chi connectivity index (χ3v) is 3.42. The summed E-state index contributed by atoms with van der Waals surface area (Å²) in [5, 5.41) is 0. The smallest absolute Gasteiger partial charge is 0.252 e. The molecule has 2 heterocycles. The number of aromatic nitrogens is 2. The van der Waals surface area contributed by atoms with Crippen molar-refractivity contribution >= 4 is 11.7 Å². The molecule has 0 saturated carbocycles. The second kappa shape index (κ2) is 5.28. The quantitative estimate of drug-likeness (QED) is 0.899. The summed E-state index contributed by atoms with van der Waals surface area (Å²) in [6.45, 7) is 1.22. The van der Waals surface area contributed by atoms with Crippen molar-refractivity contribution in [3.63, 3.8) is 0 Å². The molecule has 5 heteroatoms. The molecule has 0 radical (unpaired) electrons. The highest BCUT2D eigenvalue weighted by atomic mass is 16.1. The van der Waals surface area contributed by atoms with Gasteiger partial charge in [-0.25, -0.2) is 4.98 Å². The normalized spacial score (nSPS) is 15.4. The van der Waals surface area contributed by atoms with Gasteiger partial charge in [0.05, 0.1) is 5.69 Å². The van der Waals surface area contributed by atoms with Crippen LogP contribution in [0.1, 0.15) is 12.8 Å². The molecule has 1 aromatic heterocycles. The SMILES string of the molecule is O=C1CCN(c2nc(-c3ccccc3)cc(=O)[nH]2)CC1. The lowest BCUT2D eigenvalue weighted by Crippen LogP contribution is -2.36. The second-order valence-electron chi connectivity index (χ2n) is 4.85. The van der Waals surface area contributed by atoms with Gasteiger partial charge < -0.3 is 4.90 Å². The van der Waals surface area contributed by atoms with Gasteiger partial charge in [0.25, 0.3) is 5.56 Å². The number of nitrogens with one attached hydrogen (secondary N) is 1. The maximum absolute atomic E-state index is 11.8. The van der Waals surface area contributed by atoms with Crippen LogP contribution >= 0.6 is 0 Å². The van der Waals surface area contributed by atoms with Gasteiger partial charge in [-0.1, -0.05) is 30.3 Å². The number of hydrogen-bond acceptors (Lipinski definition) is 4. The van der Waals surface area contributed by atoms with Gasteiger partial charge in [-0.05, 0) is 0 Å². The van der Waals surface area contributed by atoms with Crippen LogP contribution in [0.15, 0.2) is 41.2 Å². The van der Waals surface area contributed by atoms with E-state index in [0.29, 0.717) is 37.6 Å². The Morgan fingerprint density at radius 3 is 2.45 bits per heavy atom. The Labute approximate surface area is 116 Å². The highest BCUT2D eigenvalue weighted by Crippen LogP contribution is 2.18. The van der Waals surface area contributed by atoms with E-state index in [1.807, 2.05) is 35.2 Å². The van der Waals surface area contributed by atoms with Gasteiger partial charge in [0, 0.05) is 37.6 Å². The number of benzene rings is 1. The topological polar surface area (TPSA) is 66.1 Å². The minimum atomic E-state index is -0.175. The first-order chi connectivity index (χ1) is 9.72. The largest absolute Gasteiger partial charge is 0.341 e. The molecule has 5 nitrogen and oxygen atoms in total. The zero-order chi connectivity index (χ0) is 13.9. The minimum absolute atomic E-state index is 0.175. The van der Waals surface area contributed by atoms with Crippen molar-refractivity contribution in [1.29, 1.82) is 0 Å². The Bertz CT molecular complexity index is 669. The van der Waals surface area contributed by atoms with E-state index in [2.05, 4.69) is 9.97 Å². The summed E-state index contributed by atoms with van der Waals surface area (Å²) in [4.78, 5) is 32.3. The number of anilines is 1. The summed E-state index contributed by atoms with van der Waals surface area (Å²) in [5.74, 6) is 0.812. The third kappa shape index (κ3) is 2.61. The van der Waals surface area contributed by atoms with Crippen molar-refractivity contribution in [2.45, 2.75) is 12.8 Å². The first-order valence-electron chi connectivity index (χ1n) is 6.66. The molecule has 1 N–H and O–H groups in total. The summed E-state index contributed by atoms with van der Waals surface area (Å²) in [7, 11) is 0. The van der Waals surface area contributed by atoms with E-state index in [-0.39, 0.29) is 11.3 Å². The van der Waals surface area contributed by atoms with Crippen molar-refractivity contribution in [1.82, 2.24) is 9.97 Å². The highest BCUT2D eigenvalue weighted by Gasteiger charge is 2.18. The van der Waals surface area contributed by atoms with Gasteiger partial charge in [-0.2, -0.15) is 0 Å². The fourth-order valence-corrected chi connectivity index (χ4v) is 2.32. The molecule has 0 spiro atoms. The van der Waals surface area contributed by atoms with Gasteiger partial charge in [0.2, 0.25) is 5.95 Å². The summed E-state index contributed by atoms with van der Waals surface area (Å²) in [5.41, 5.74) is 1.39. The number of piperidine rings is 1. The van der Waals surface area contributed by atoms with E-state index in [1.165, 1.54) is 6.07 Å². The standard InChI is InChI=1S/C15H15N3O2/c19-12-6-8-18(9-7-12)15-16-13(10-14(20)17-15)11-4-2-1-3-5-11/h1-5,10H,6-9H2,(H,16,17,20). The number of hydrogen-bond donors (Lipinski definition) is 1. The van der Waals surface area contributed by atoms with Crippen LogP contribution in [-0.4, -0.2) is 28.8 Å². The monoisotopic (exact) mass is 269 g/mol. The number of carbonyl (C=O) groups excluding carboxylic acids is 1. The average Bonchev–Trinajstić information content (AvgIpc) is 2.48. The molecule has 0 bridgehead atoms. The van der Waals surface area contributed by atoms with E-state index < -0.39 is 0 Å². The number of carbonyl (C=O) groups is 1. The Morgan fingerprint density at radius 1 is 1.05 bits per heavy atom. The lowest BCUT2D eigenvalue weighted by Gasteiger charge is -2.26. The molecule has 0 unspecified atom stereocenters. The van der Waals surface area contributed by atoms with E-state index in [0.717, 1.165) is 5.56 Å². The van der Waals surface area contributed by atoms with Crippen molar-refractivity contribution < 1.29 is 4.79 Å². The zero-order valence-electron chi connectivity index (χ0n) is 11.0. The molecule has 102 valence electrons. The predicted molar refractivity (Wildman–Crippen MR) is 76.7 cm³/mol. The predicted octanol–water partition coefficient (Wildman–Crippen LogP) is 1.61. The number of H-pyrrole nitrogens is 1. The van der Waals surface area contributed by atoms with Crippen LogP contribution in [0.5, 0.6) is 0 Å². The Morgan fingerprint density at radius 2 is 1.75 bits per heavy atom. The molecule has 3 rings (SSSR count). The van der Waals surface area contributed by atoms with Gasteiger partial charge in [-0.3, -0.25) is 14.6 Å². The number of nitrogens with zero attached hydrogens (tertiary/aromatic N) is 2. The average molecular weight is 269 g/mol. The molecule has 20 heavy (non-hydrogen) atoms. The number of ketones is 1. The molecule has 1 aliphatic rings. The van der Waals surface area contributed by atoms with E-state index in [1.54, 1.807) is 0 Å². The Balaban J connectivity index is 1.95. The second-order valence-corrected chi connectivity index (χ2v) is 4.85. The zero-order valence-corrected chi connectivity index (χ0v) is 11.0. The molecule has 2 aromatic rings. The summed E-state index contributed by atoms with van der Waals surface area (Å²) in [6, 6.07) is 11.1. The lowest BCUT2D eigenvalue weighted by molar-refractivity contribution is -0.119. The van der Waals surface area contributed by atoms with Crippen LogP contribution in [0.2, 0.25) is 0 Å². The number of aromatic amines is 1. The molecular formula is C15H15N3O2. The van der Waals surface area contributed by atoms with Gasteiger partial charge in [-0.15, -0.1) is 0 Å².